The lowest BCUT2D eigenvalue weighted by atomic mass is 10.1. The highest BCUT2D eigenvalue weighted by Gasteiger charge is 2.39. The van der Waals surface area contributed by atoms with Gasteiger partial charge in [-0.2, -0.15) is 0 Å². The van der Waals surface area contributed by atoms with E-state index in [1.807, 2.05) is 24.1 Å². The summed E-state index contributed by atoms with van der Waals surface area (Å²) in [5.41, 5.74) is 1.05. The summed E-state index contributed by atoms with van der Waals surface area (Å²) in [6.45, 7) is 0.550. The number of carbonyl (C=O) groups excluding carboxylic acids is 2. The van der Waals surface area contributed by atoms with E-state index in [2.05, 4.69) is 4.98 Å². The molecule has 23 heavy (non-hydrogen) atoms. The van der Waals surface area contributed by atoms with Gasteiger partial charge in [0.2, 0.25) is 11.8 Å². The lowest BCUT2D eigenvalue weighted by molar-refractivity contribution is -0.145. The number of hydrogen-bond donors (Lipinski definition) is 0. The lowest BCUT2D eigenvalue weighted by Gasteiger charge is -2.29. The Morgan fingerprint density at radius 1 is 1.30 bits per heavy atom. The Labute approximate surface area is 141 Å². The van der Waals surface area contributed by atoms with Gasteiger partial charge in [-0.15, -0.1) is 11.8 Å². The van der Waals surface area contributed by atoms with Crippen molar-refractivity contribution in [2.75, 3.05) is 18.7 Å². The molecule has 2 aliphatic rings. The van der Waals surface area contributed by atoms with Crippen molar-refractivity contribution >= 4 is 23.6 Å². The summed E-state index contributed by atoms with van der Waals surface area (Å²) >= 11 is 1.68. The van der Waals surface area contributed by atoms with Gasteiger partial charge in [0.1, 0.15) is 6.04 Å². The first kappa shape index (κ1) is 16.3. The predicted octanol–water partition coefficient (Wildman–Crippen LogP) is 2.13. The molecular formula is C17H23N3O2S. The van der Waals surface area contributed by atoms with Gasteiger partial charge in [0.05, 0.1) is 5.88 Å². The van der Waals surface area contributed by atoms with Crippen LogP contribution in [0.4, 0.5) is 0 Å². The number of aromatic nitrogens is 1. The number of nitrogens with zero attached hydrogens (tertiary/aromatic N) is 3. The Balaban J connectivity index is 1.64. The number of likely N-dealkylation sites (N-methyl/N-ethyl adjacent to an activating group) is 1. The molecule has 0 bridgehead atoms. The molecule has 0 aromatic carbocycles. The van der Waals surface area contributed by atoms with Gasteiger partial charge in [-0.1, -0.05) is 12.8 Å². The smallest absolute Gasteiger partial charge is 0.246 e. The van der Waals surface area contributed by atoms with E-state index >= 15 is 0 Å². The normalized spacial score (nSPS) is 21.6. The van der Waals surface area contributed by atoms with E-state index in [4.69, 9.17) is 0 Å². The molecule has 0 spiro atoms. The van der Waals surface area contributed by atoms with Gasteiger partial charge >= 0.3 is 0 Å². The lowest BCUT2D eigenvalue weighted by Crippen LogP contribution is -2.49. The van der Waals surface area contributed by atoms with Crippen molar-refractivity contribution in [3.05, 3.63) is 30.1 Å². The largest absolute Gasteiger partial charge is 0.340 e. The number of carbonyl (C=O) groups is 2. The minimum Gasteiger partial charge on any atom is -0.340 e. The summed E-state index contributed by atoms with van der Waals surface area (Å²) in [4.78, 5) is 33.0. The van der Waals surface area contributed by atoms with E-state index in [-0.39, 0.29) is 23.8 Å². The topological polar surface area (TPSA) is 53.5 Å². The van der Waals surface area contributed by atoms with E-state index < -0.39 is 0 Å². The van der Waals surface area contributed by atoms with Crippen LogP contribution in [0.3, 0.4) is 0 Å². The molecular weight excluding hydrogens is 310 g/mol. The monoisotopic (exact) mass is 333 g/mol. The summed E-state index contributed by atoms with van der Waals surface area (Å²) in [5, 5.41) is 0. The van der Waals surface area contributed by atoms with Crippen molar-refractivity contribution in [3.8, 4) is 0 Å². The van der Waals surface area contributed by atoms with Crippen LogP contribution >= 0.6 is 11.8 Å². The molecule has 1 aromatic heterocycles. The van der Waals surface area contributed by atoms with E-state index in [0.29, 0.717) is 18.2 Å². The summed E-state index contributed by atoms with van der Waals surface area (Å²) < 4.78 is 0. The van der Waals surface area contributed by atoms with Crippen LogP contribution < -0.4 is 0 Å². The maximum atomic E-state index is 12.8. The molecule has 124 valence electrons. The van der Waals surface area contributed by atoms with Crippen molar-refractivity contribution < 1.29 is 9.59 Å². The van der Waals surface area contributed by atoms with Gasteiger partial charge in [0.15, 0.2) is 0 Å². The summed E-state index contributed by atoms with van der Waals surface area (Å²) in [6.07, 6.45) is 7.70. The van der Waals surface area contributed by atoms with Crippen LogP contribution in [0.1, 0.15) is 31.2 Å². The van der Waals surface area contributed by atoms with E-state index in [9.17, 15) is 9.59 Å². The quantitative estimate of drug-likeness (QED) is 0.847. The van der Waals surface area contributed by atoms with E-state index in [1.165, 1.54) is 0 Å². The van der Waals surface area contributed by atoms with Crippen molar-refractivity contribution in [1.29, 1.82) is 0 Å². The fourth-order valence-electron chi connectivity index (χ4n) is 3.37. The predicted molar refractivity (Wildman–Crippen MR) is 90.6 cm³/mol. The minimum atomic E-state index is -0.306. The third-order valence-electron chi connectivity index (χ3n) is 4.70. The van der Waals surface area contributed by atoms with Gasteiger partial charge in [-0.3, -0.25) is 14.6 Å². The highest BCUT2D eigenvalue weighted by molar-refractivity contribution is 7.99. The van der Waals surface area contributed by atoms with Crippen LogP contribution in [0.5, 0.6) is 0 Å². The standard InChI is InChI=1S/C17H23N3O2S/c1-19(10-13-6-8-18-9-7-13)17(22)15-11-23-12-20(15)16(21)14-4-2-3-5-14/h6-9,14-15H,2-5,10-12H2,1H3/t15-/m0/s1. The molecule has 1 aliphatic heterocycles. The van der Waals surface area contributed by atoms with Crippen molar-refractivity contribution in [2.24, 2.45) is 5.92 Å². The molecule has 1 aromatic rings. The summed E-state index contributed by atoms with van der Waals surface area (Å²) in [7, 11) is 1.81. The van der Waals surface area contributed by atoms with Crippen LogP contribution in [-0.2, 0) is 16.1 Å². The average Bonchev–Trinajstić information content (AvgIpc) is 3.26. The van der Waals surface area contributed by atoms with Gasteiger partial charge < -0.3 is 9.80 Å². The zero-order valence-electron chi connectivity index (χ0n) is 13.5. The van der Waals surface area contributed by atoms with Crippen LogP contribution in [0.15, 0.2) is 24.5 Å². The molecule has 3 rings (SSSR count). The third-order valence-corrected chi connectivity index (χ3v) is 5.71. The molecule has 0 unspecified atom stereocenters. The Morgan fingerprint density at radius 2 is 2.00 bits per heavy atom. The fraction of sp³-hybridized carbons (Fsp3) is 0.588. The van der Waals surface area contributed by atoms with Crippen LogP contribution in [0.2, 0.25) is 0 Å². The van der Waals surface area contributed by atoms with Gasteiger partial charge in [0.25, 0.3) is 0 Å². The zero-order chi connectivity index (χ0) is 16.2. The number of thioether (sulfide) groups is 1. The molecule has 0 N–H and O–H groups in total. The molecule has 2 fully saturated rings. The summed E-state index contributed by atoms with van der Waals surface area (Å²) in [5.74, 6) is 1.71. The molecule has 6 heteroatoms. The minimum absolute atomic E-state index is 0.0400. The van der Waals surface area contributed by atoms with Crippen molar-refractivity contribution in [2.45, 2.75) is 38.3 Å². The van der Waals surface area contributed by atoms with Crippen molar-refractivity contribution in [3.63, 3.8) is 0 Å². The third kappa shape index (κ3) is 3.68. The van der Waals surface area contributed by atoms with Crippen LogP contribution in [-0.4, -0.2) is 51.3 Å². The summed E-state index contributed by atoms with van der Waals surface area (Å²) in [6, 6.07) is 3.52. The van der Waals surface area contributed by atoms with Crippen molar-refractivity contribution in [1.82, 2.24) is 14.8 Å². The number of pyridine rings is 1. The van der Waals surface area contributed by atoms with Crippen LogP contribution in [0, 0.1) is 5.92 Å². The second-order valence-corrected chi connectivity index (χ2v) is 7.35. The SMILES string of the molecule is CN(Cc1ccncc1)C(=O)[C@@H]1CSCN1C(=O)C1CCCC1. The van der Waals surface area contributed by atoms with E-state index in [0.717, 1.165) is 31.2 Å². The number of rotatable bonds is 4. The first-order chi connectivity index (χ1) is 11.2. The fourth-order valence-corrected chi connectivity index (χ4v) is 4.52. The highest BCUT2D eigenvalue weighted by Crippen LogP contribution is 2.31. The second-order valence-electron chi connectivity index (χ2n) is 6.35. The molecule has 1 saturated heterocycles. The van der Waals surface area contributed by atoms with Crippen LogP contribution in [0.25, 0.3) is 0 Å². The Morgan fingerprint density at radius 3 is 2.70 bits per heavy atom. The molecule has 0 radical (unpaired) electrons. The Kier molecular flexibility index (Phi) is 5.20. The first-order valence-electron chi connectivity index (χ1n) is 8.19. The van der Waals surface area contributed by atoms with Gasteiger partial charge in [-0.05, 0) is 30.5 Å². The molecule has 2 heterocycles. The number of hydrogen-bond acceptors (Lipinski definition) is 4. The Hall–Kier alpha value is -1.56. The Bertz CT molecular complexity index is 560. The average molecular weight is 333 g/mol. The van der Waals surface area contributed by atoms with Gasteiger partial charge in [-0.25, -0.2) is 0 Å². The molecule has 1 aliphatic carbocycles. The zero-order valence-corrected chi connectivity index (χ0v) is 14.3. The van der Waals surface area contributed by atoms with E-state index in [1.54, 1.807) is 29.1 Å². The second kappa shape index (κ2) is 7.34. The molecule has 1 atom stereocenters. The first-order valence-corrected chi connectivity index (χ1v) is 9.34. The molecule has 5 nitrogen and oxygen atoms in total. The highest BCUT2D eigenvalue weighted by atomic mass is 32.2. The number of amides is 2. The molecule has 2 amide bonds. The maximum absolute atomic E-state index is 12.8. The maximum Gasteiger partial charge on any atom is 0.246 e. The van der Waals surface area contributed by atoms with Gasteiger partial charge in [0, 0.05) is 37.7 Å². The molecule has 1 saturated carbocycles.